The Kier molecular flexibility index (Phi) is 6.16. The summed E-state index contributed by atoms with van der Waals surface area (Å²) in [4.78, 5) is 14.7. The number of nitrogens with zero attached hydrogens (tertiary/aromatic N) is 1. The SMILES string of the molecule is COc1ccc(OC)c([C@@H]2CCCN2CC(=O)Nc2ccc(Br)cc2)c1. The van der Waals surface area contributed by atoms with Gasteiger partial charge >= 0.3 is 0 Å². The molecular formula is C20H23BrN2O3. The monoisotopic (exact) mass is 418 g/mol. The van der Waals surface area contributed by atoms with Crippen LogP contribution < -0.4 is 14.8 Å². The van der Waals surface area contributed by atoms with Gasteiger partial charge in [0.2, 0.25) is 5.91 Å². The van der Waals surface area contributed by atoms with E-state index < -0.39 is 0 Å². The highest BCUT2D eigenvalue weighted by molar-refractivity contribution is 9.10. The predicted octanol–water partition coefficient (Wildman–Crippen LogP) is 4.24. The molecule has 0 aliphatic carbocycles. The van der Waals surface area contributed by atoms with Gasteiger partial charge in [-0.2, -0.15) is 0 Å². The van der Waals surface area contributed by atoms with E-state index in [0.717, 1.165) is 46.6 Å². The molecule has 1 aliphatic heterocycles. The number of hydrogen-bond acceptors (Lipinski definition) is 4. The van der Waals surface area contributed by atoms with Crippen LogP contribution in [0.1, 0.15) is 24.4 Å². The number of amides is 1. The summed E-state index contributed by atoms with van der Waals surface area (Å²) in [5.74, 6) is 1.61. The van der Waals surface area contributed by atoms with E-state index >= 15 is 0 Å². The van der Waals surface area contributed by atoms with E-state index in [9.17, 15) is 4.79 Å². The van der Waals surface area contributed by atoms with Gasteiger partial charge in [0.15, 0.2) is 0 Å². The van der Waals surface area contributed by atoms with Gasteiger partial charge in [-0.3, -0.25) is 9.69 Å². The largest absolute Gasteiger partial charge is 0.497 e. The van der Waals surface area contributed by atoms with Crippen molar-refractivity contribution in [1.82, 2.24) is 4.90 Å². The minimum absolute atomic E-state index is 0.0129. The van der Waals surface area contributed by atoms with Gasteiger partial charge in [0, 0.05) is 21.8 Å². The Morgan fingerprint density at radius 1 is 1.19 bits per heavy atom. The molecule has 3 rings (SSSR count). The molecule has 1 fully saturated rings. The molecule has 1 heterocycles. The standard InChI is InChI=1S/C20H23BrN2O3/c1-25-16-9-10-19(26-2)17(12-16)18-4-3-11-23(18)13-20(24)22-15-7-5-14(21)6-8-15/h5-10,12,18H,3-4,11,13H2,1-2H3,(H,22,24)/t18-/m0/s1. The van der Waals surface area contributed by atoms with Gasteiger partial charge in [0.05, 0.1) is 20.8 Å². The number of benzene rings is 2. The maximum absolute atomic E-state index is 12.5. The zero-order chi connectivity index (χ0) is 18.5. The molecule has 0 unspecified atom stereocenters. The lowest BCUT2D eigenvalue weighted by atomic mass is 10.0. The second-order valence-corrected chi connectivity index (χ2v) is 7.21. The molecule has 1 saturated heterocycles. The summed E-state index contributed by atoms with van der Waals surface area (Å²) in [6.07, 6.45) is 2.05. The molecule has 0 saturated carbocycles. The van der Waals surface area contributed by atoms with Crippen LogP contribution in [0.4, 0.5) is 5.69 Å². The summed E-state index contributed by atoms with van der Waals surface area (Å²) in [5, 5.41) is 2.96. The summed E-state index contributed by atoms with van der Waals surface area (Å²) in [5.41, 5.74) is 1.87. The van der Waals surface area contributed by atoms with E-state index in [2.05, 4.69) is 26.1 Å². The van der Waals surface area contributed by atoms with Gasteiger partial charge < -0.3 is 14.8 Å². The number of halogens is 1. The van der Waals surface area contributed by atoms with Crippen molar-refractivity contribution >= 4 is 27.5 Å². The Balaban J connectivity index is 1.72. The van der Waals surface area contributed by atoms with Crippen molar-refractivity contribution in [3.8, 4) is 11.5 Å². The predicted molar refractivity (Wildman–Crippen MR) is 106 cm³/mol. The number of methoxy groups -OCH3 is 2. The van der Waals surface area contributed by atoms with E-state index in [1.807, 2.05) is 42.5 Å². The fraction of sp³-hybridized carbons (Fsp3) is 0.350. The fourth-order valence-electron chi connectivity index (χ4n) is 3.39. The van der Waals surface area contributed by atoms with Crippen molar-refractivity contribution in [2.24, 2.45) is 0 Å². The molecule has 138 valence electrons. The summed E-state index contributed by atoms with van der Waals surface area (Å²) >= 11 is 3.40. The molecule has 0 radical (unpaired) electrons. The molecule has 2 aromatic rings. The van der Waals surface area contributed by atoms with E-state index in [1.54, 1.807) is 14.2 Å². The van der Waals surface area contributed by atoms with E-state index in [0.29, 0.717) is 6.54 Å². The Bertz CT molecular complexity index is 764. The summed E-state index contributed by atoms with van der Waals surface area (Å²) in [6.45, 7) is 1.24. The molecule has 0 aromatic heterocycles. The number of ether oxygens (including phenoxy) is 2. The first-order chi connectivity index (χ1) is 12.6. The summed E-state index contributed by atoms with van der Waals surface area (Å²) in [7, 11) is 3.33. The molecule has 6 heteroatoms. The van der Waals surface area contributed by atoms with E-state index in [1.165, 1.54) is 0 Å². The Hall–Kier alpha value is -2.05. The van der Waals surface area contributed by atoms with Crippen molar-refractivity contribution in [1.29, 1.82) is 0 Å². The number of hydrogen-bond donors (Lipinski definition) is 1. The molecule has 0 spiro atoms. The lowest BCUT2D eigenvalue weighted by Gasteiger charge is -2.26. The van der Waals surface area contributed by atoms with E-state index in [4.69, 9.17) is 9.47 Å². The fourth-order valence-corrected chi connectivity index (χ4v) is 3.65. The van der Waals surface area contributed by atoms with Crippen molar-refractivity contribution in [2.45, 2.75) is 18.9 Å². The first kappa shape index (κ1) is 18.7. The van der Waals surface area contributed by atoms with Crippen LogP contribution in [0.3, 0.4) is 0 Å². The first-order valence-corrected chi connectivity index (χ1v) is 9.41. The summed E-state index contributed by atoms with van der Waals surface area (Å²) < 4.78 is 11.9. The van der Waals surface area contributed by atoms with E-state index in [-0.39, 0.29) is 11.9 Å². The number of carbonyl (C=O) groups excluding carboxylic acids is 1. The third-order valence-corrected chi connectivity index (χ3v) is 5.16. The van der Waals surface area contributed by atoms with Gasteiger partial charge in [-0.25, -0.2) is 0 Å². The van der Waals surface area contributed by atoms with Crippen molar-refractivity contribution < 1.29 is 14.3 Å². The zero-order valence-corrected chi connectivity index (χ0v) is 16.6. The highest BCUT2D eigenvalue weighted by Crippen LogP contribution is 2.38. The van der Waals surface area contributed by atoms with Crippen molar-refractivity contribution in [3.05, 3.63) is 52.5 Å². The van der Waals surface area contributed by atoms with Crippen molar-refractivity contribution in [2.75, 3.05) is 32.6 Å². The Morgan fingerprint density at radius 2 is 1.96 bits per heavy atom. The van der Waals surface area contributed by atoms with Crippen LogP contribution in [0.5, 0.6) is 11.5 Å². The minimum Gasteiger partial charge on any atom is -0.497 e. The van der Waals surface area contributed by atoms with Crippen LogP contribution in [0.2, 0.25) is 0 Å². The molecule has 5 nitrogen and oxygen atoms in total. The number of carbonyl (C=O) groups is 1. The lowest BCUT2D eigenvalue weighted by molar-refractivity contribution is -0.117. The topological polar surface area (TPSA) is 50.8 Å². The van der Waals surface area contributed by atoms with Gasteiger partial charge in [-0.1, -0.05) is 15.9 Å². The van der Waals surface area contributed by atoms with Gasteiger partial charge in [0.25, 0.3) is 0 Å². The van der Waals surface area contributed by atoms with Gasteiger partial charge in [0.1, 0.15) is 11.5 Å². The number of anilines is 1. The van der Waals surface area contributed by atoms with Crippen LogP contribution in [0.25, 0.3) is 0 Å². The average molecular weight is 419 g/mol. The molecule has 0 bridgehead atoms. The molecular weight excluding hydrogens is 396 g/mol. The molecule has 1 aliphatic rings. The second-order valence-electron chi connectivity index (χ2n) is 6.29. The highest BCUT2D eigenvalue weighted by atomic mass is 79.9. The molecule has 1 N–H and O–H groups in total. The van der Waals surface area contributed by atoms with Crippen LogP contribution in [-0.4, -0.2) is 38.1 Å². The normalized spacial score (nSPS) is 17.1. The minimum atomic E-state index is -0.0129. The molecule has 26 heavy (non-hydrogen) atoms. The van der Waals surface area contributed by atoms with Crippen molar-refractivity contribution in [3.63, 3.8) is 0 Å². The third-order valence-electron chi connectivity index (χ3n) is 4.63. The molecule has 1 amide bonds. The van der Waals surface area contributed by atoms with Crippen LogP contribution in [-0.2, 0) is 4.79 Å². The quantitative estimate of drug-likeness (QED) is 0.761. The van der Waals surface area contributed by atoms with Crippen LogP contribution in [0, 0.1) is 0 Å². The number of nitrogens with one attached hydrogen (secondary N) is 1. The summed E-state index contributed by atoms with van der Waals surface area (Å²) in [6, 6.07) is 13.6. The Labute approximate surface area is 162 Å². The third kappa shape index (κ3) is 4.37. The maximum Gasteiger partial charge on any atom is 0.238 e. The first-order valence-electron chi connectivity index (χ1n) is 8.62. The smallest absolute Gasteiger partial charge is 0.238 e. The van der Waals surface area contributed by atoms with Gasteiger partial charge in [-0.05, 0) is 61.9 Å². The van der Waals surface area contributed by atoms with Crippen LogP contribution in [0.15, 0.2) is 46.9 Å². The molecule has 1 atom stereocenters. The second kappa shape index (κ2) is 8.56. The maximum atomic E-state index is 12.5. The lowest BCUT2D eigenvalue weighted by Crippen LogP contribution is -2.33. The van der Waals surface area contributed by atoms with Gasteiger partial charge in [-0.15, -0.1) is 0 Å². The highest BCUT2D eigenvalue weighted by Gasteiger charge is 2.30. The molecule has 2 aromatic carbocycles. The van der Waals surface area contributed by atoms with Crippen LogP contribution >= 0.6 is 15.9 Å². The zero-order valence-electron chi connectivity index (χ0n) is 15.0. The Morgan fingerprint density at radius 3 is 2.65 bits per heavy atom. The average Bonchev–Trinajstić information content (AvgIpc) is 3.10. The number of rotatable bonds is 6. The number of likely N-dealkylation sites (tertiary alicyclic amines) is 1.